The molecule has 2 aromatic rings. The molecule has 0 fully saturated rings. The lowest BCUT2D eigenvalue weighted by Gasteiger charge is -1.85. The fraction of sp³-hybridized carbons (Fsp3) is 0. The molecule has 0 atom stereocenters. The van der Waals surface area contributed by atoms with E-state index < -0.39 is 0 Å². The molecular formula is C5H3BrN4S. The van der Waals surface area contributed by atoms with E-state index in [2.05, 4.69) is 30.9 Å². The van der Waals surface area contributed by atoms with E-state index in [0.717, 1.165) is 4.83 Å². The standard InChI is InChI=1S/C5H3BrN4S/c6-2-1-8-3-4(9-2)11-5(7)10-3/h1H,(H2,7,8,10). The maximum absolute atomic E-state index is 5.45. The number of nitrogens with two attached hydrogens (primary N) is 1. The van der Waals surface area contributed by atoms with Crippen LogP contribution >= 0.6 is 27.3 Å². The van der Waals surface area contributed by atoms with Crippen molar-refractivity contribution in [3.05, 3.63) is 10.8 Å². The Kier molecular flexibility index (Phi) is 1.50. The highest BCUT2D eigenvalue weighted by molar-refractivity contribution is 9.10. The molecule has 6 heteroatoms. The number of anilines is 1. The second-order valence-corrected chi connectivity index (χ2v) is 3.70. The van der Waals surface area contributed by atoms with Gasteiger partial charge in [-0.25, -0.2) is 9.97 Å². The summed E-state index contributed by atoms with van der Waals surface area (Å²) in [4.78, 5) is 12.9. The predicted molar refractivity (Wildman–Crippen MR) is 47.3 cm³/mol. The summed E-state index contributed by atoms with van der Waals surface area (Å²) in [6.45, 7) is 0. The highest BCUT2D eigenvalue weighted by atomic mass is 79.9. The zero-order valence-corrected chi connectivity index (χ0v) is 7.69. The van der Waals surface area contributed by atoms with Crippen molar-refractivity contribution in [1.82, 2.24) is 15.0 Å². The molecule has 56 valence electrons. The van der Waals surface area contributed by atoms with Crippen LogP contribution in [0.1, 0.15) is 0 Å². The van der Waals surface area contributed by atoms with Crippen LogP contribution < -0.4 is 5.73 Å². The Labute approximate surface area is 74.6 Å². The average Bonchev–Trinajstić information content (AvgIpc) is 2.27. The van der Waals surface area contributed by atoms with Crippen molar-refractivity contribution >= 4 is 42.9 Å². The van der Waals surface area contributed by atoms with Crippen LogP contribution in [0.3, 0.4) is 0 Å². The number of rotatable bonds is 0. The second kappa shape index (κ2) is 2.38. The first-order chi connectivity index (χ1) is 5.25. The minimum Gasteiger partial charge on any atom is -0.375 e. The first-order valence-corrected chi connectivity index (χ1v) is 4.41. The minimum absolute atomic E-state index is 0.498. The lowest BCUT2D eigenvalue weighted by Crippen LogP contribution is -1.82. The Hall–Kier alpha value is -0.750. The van der Waals surface area contributed by atoms with Crippen molar-refractivity contribution in [3.8, 4) is 0 Å². The first kappa shape index (κ1) is 6.93. The summed E-state index contributed by atoms with van der Waals surface area (Å²) in [6.07, 6.45) is 1.60. The first-order valence-electron chi connectivity index (χ1n) is 2.80. The Bertz CT molecular complexity index is 398. The zero-order chi connectivity index (χ0) is 7.84. The number of thiazole rings is 1. The number of halogens is 1. The van der Waals surface area contributed by atoms with Gasteiger partial charge in [-0.15, -0.1) is 0 Å². The average molecular weight is 231 g/mol. The van der Waals surface area contributed by atoms with Crippen molar-refractivity contribution in [2.24, 2.45) is 0 Å². The third-order valence-corrected chi connectivity index (χ3v) is 2.26. The fourth-order valence-corrected chi connectivity index (χ4v) is 1.78. The van der Waals surface area contributed by atoms with Crippen LogP contribution in [0.25, 0.3) is 10.5 Å². The van der Waals surface area contributed by atoms with Gasteiger partial charge in [0.2, 0.25) is 0 Å². The molecule has 2 N–H and O–H groups in total. The maximum Gasteiger partial charge on any atom is 0.191 e. The summed E-state index contributed by atoms with van der Waals surface area (Å²) in [5, 5.41) is 0.498. The number of nitrogen functional groups attached to an aromatic ring is 1. The molecule has 0 spiro atoms. The number of hydrogen-bond donors (Lipinski definition) is 1. The van der Waals surface area contributed by atoms with Crippen molar-refractivity contribution in [3.63, 3.8) is 0 Å². The smallest absolute Gasteiger partial charge is 0.191 e. The third kappa shape index (κ3) is 1.19. The Morgan fingerprint density at radius 1 is 1.45 bits per heavy atom. The van der Waals surface area contributed by atoms with Crippen LogP contribution in [-0.2, 0) is 0 Å². The van der Waals surface area contributed by atoms with Gasteiger partial charge in [0.05, 0.1) is 6.20 Å². The fourth-order valence-electron chi connectivity index (χ4n) is 0.717. The molecule has 4 nitrogen and oxygen atoms in total. The lowest BCUT2D eigenvalue weighted by molar-refractivity contribution is 1.23. The third-order valence-electron chi connectivity index (χ3n) is 1.11. The van der Waals surface area contributed by atoms with Gasteiger partial charge in [0.1, 0.15) is 4.60 Å². The topological polar surface area (TPSA) is 64.7 Å². The van der Waals surface area contributed by atoms with Gasteiger partial charge in [-0.1, -0.05) is 11.3 Å². The summed E-state index contributed by atoms with van der Waals surface area (Å²) in [5.41, 5.74) is 6.06. The quantitative estimate of drug-likeness (QED) is 0.744. The van der Waals surface area contributed by atoms with E-state index in [-0.39, 0.29) is 0 Å². The summed E-state index contributed by atoms with van der Waals surface area (Å²) >= 11 is 4.54. The molecule has 0 radical (unpaired) electrons. The molecule has 2 heterocycles. The van der Waals surface area contributed by atoms with E-state index in [1.54, 1.807) is 6.20 Å². The van der Waals surface area contributed by atoms with Gasteiger partial charge in [0.25, 0.3) is 0 Å². The largest absolute Gasteiger partial charge is 0.375 e. The van der Waals surface area contributed by atoms with Gasteiger partial charge < -0.3 is 5.73 Å². The number of nitrogens with zero attached hydrogens (tertiary/aromatic N) is 3. The van der Waals surface area contributed by atoms with Crippen LogP contribution in [0.2, 0.25) is 0 Å². The van der Waals surface area contributed by atoms with Crippen LogP contribution in [0.5, 0.6) is 0 Å². The molecule has 2 rings (SSSR count). The molecule has 0 saturated heterocycles. The van der Waals surface area contributed by atoms with Crippen molar-refractivity contribution in [2.75, 3.05) is 5.73 Å². The number of hydrogen-bond acceptors (Lipinski definition) is 5. The Morgan fingerprint density at radius 3 is 3.09 bits per heavy atom. The van der Waals surface area contributed by atoms with E-state index in [1.165, 1.54) is 11.3 Å². The minimum atomic E-state index is 0.498. The van der Waals surface area contributed by atoms with Gasteiger partial charge in [0.15, 0.2) is 15.6 Å². The highest BCUT2D eigenvalue weighted by Crippen LogP contribution is 2.20. The summed E-state index contributed by atoms with van der Waals surface area (Å²) in [5.74, 6) is 0. The van der Waals surface area contributed by atoms with E-state index >= 15 is 0 Å². The molecule has 0 saturated carbocycles. The summed E-state index contributed by atoms with van der Waals surface area (Å²) in [7, 11) is 0. The normalized spacial score (nSPS) is 10.6. The van der Waals surface area contributed by atoms with Crippen molar-refractivity contribution in [1.29, 1.82) is 0 Å². The van der Waals surface area contributed by atoms with Gasteiger partial charge >= 0.3 is 0 Å². The maximum atomic E-state index is 5.45. The van der Waals surface area contributed by atoms with E-state index in [9.17, 15) is 0 Å². The Balaban J connectivity index is 2.82. The Morgan fingerprint density at radius 2 is 2.27 bits per heavy atom. The monoisotopic (exact) mass is 230 g/mol. The van der Waals surface area contributed by atoms with Crippen molar-refractivity contribution in [2.45, 2.75) is 0 Å². The van der Waals surface area contributed by atoms with Gasteiger partial charge in [-0.2, -0.15) is 4.98 Å². The molecule has 0 bridgehead atoms. The number of aromatic nitrogens is 3. The highest BCUT2D eigenvalue weighted by Gasteiger charge is 2.02. The van der Waals surface area contributed by atoms with Crippen molar-refractivity contribution < 1.29 is 0 Å². The molecular weight excluding hydrogens is 228 g/mol. The van der Waals surface area contributed by atoms with E-state index in [1.807, 2.05) is 0 Å². The summed E-state index contributed by atoms with van der Waals surface area (Å²) in [6, 6.07) is 0. The molecule has 0 unspecified atom stereocenters. The van der Waals surface area contributed by atoms with Crippen LogP contribution in [0.4, 0.5) is 5.13 Å². The molecule has 0 aliphatic rings. The molecule has 2 aromatic heterocycles. The molecule has 11 heavy (non-hydrogen) atoms. The van der Waals surface area contributed by atoms with Crippen LogP contribution in [0, 0.1) is 0 Å². The molecule has 0 aromatic carbocycles. The molecule has 0 aliphatic heterocycles. The SMILES string of the molecule is Nc1nc2ncc(Br)nc2s1. The predicted octanol–water partition coefficient (Wildman–Crippen LogP) is 1.43. The molecule has 0 aliphatic carbocycles. The zero-order valence-electron chi connectivity index (χ0n) is 5.28. The number of fused-ring (bicyclic) bond motifs is 1. The van der Waals surface area contributed by atoms with Gasteiger partial charge in [-0.05, 0) is 15.9 Å². The summed E-state index contributed by atoms with van der Waals surface area (Å²) < 4.78 is 0.702. The van der Waals surface area contributed by atoms with Crippen LogP contribution in [0.15, 0.2) is 10.8 Å². The van der Waals surface area contributed by atoms with Gasteiger partial charge in [-0.3, -0.25) is 0 Å². The second-order valence-electron chi connectivity index (χ2n) is 1.87. The van der Waals surface area contributed by atoms with Crippen LogP contribution in [-0.4, -0.2) is 15.0 Å². The van der Waals surface area contributed by atoms with E-state index in [0.29, 0.717) is 15.4 Å². The van der Waals surface area contributed by atoms with E-state index in [4.69, 9.17) is 5.73 Å². The molecule has 0 amide bonds. The lowest BCUT2D eigenvalue weighted by atomic mass is 10.7. The van der Waals surface area contributed by atoms with Gasteiger partial charge in [0, 0.05) is 0 Å².